The molecule has 2 aromatic carbocycles. The minimum atomic E-state index is 0.710. The van der Waals surface area contributed by atoms with E-state index in [-0.39, 0.29) is 0 Å². The highest BCUT2D eigenvalue weighted by atomic mass is 15.1. The van der Waals surface area contributed by atoms with Gasteiger partial charge in [0.25, 0.3) is 0 Å². The van der Waals surface area contributed by atoms with Crippen molar-refractivity contribution in [1.29, 1.82) is 0 Å². The van der Waals surface area contributed by atoms with Crippen LogP contribution in [-0.2, 0) is 0 Å². The summed E-state index contributed by atoms with van der Waals surface area (Å²) in [7, 11) is 0. The van der Waals surface area contributed by atoms with Crippen LogP contribution in [-0.4, -0.2) is 24.5 Å². The SMILES string of the molecule is c1ccc(C2C(CN3CCCCCC3)C2c2ccccc2)cc1. The highest BCUT2D eigenvalue weighted by molar-refractivity contribution is 5.39. The lowest BCUT2D eigenvalue weighted by molar-refractivity contribution is 0.270. The Balaban J connectivity index is 1.53. The summed E-state index contributed by atoms with van der Waals surface area (Å²) in [5.74, 6) is 2.21. The van der Waals surface area contributed by atoms with Gasteiger partial charge in [-0.15, -0.1) is 0 Å². The average Bonchev–Trinajstić information content (AvgIpc) is 3.37. The zero-order valence-corrected chi connectivity index (χ0v) is 13.9. The first-order valence-corrected chi connectivity index (χ1v) is 9.26. The van der Waals surface area contributed by atoms with E-state index in [0.29, 0.717) is 11.8 Å². The fourth-order valence-electron chi connectivity index (χ4n) is 4.48. The van der Waals surface area contributed by atoms with Crippen molar-refractivity contribution in [2.24, 2.45) is 5.92 Å². The van der Waals surface area contributed by atoms with E-state index in [1.807, 2.05) is 0 Å². The van der Waals surface area contributed by atoms with E-state index in [0.717, 1.165) is 5.92 Å². The van der Waals surface area contributed by atoms with Crippen LogP contribution in [0.25, 0.3) is 0 Å². The van der Waals surface area contributed by atoms with Crippen molar-refractivity contribution in [2.75, 3.05) is 19.6 Å². The van der Waals surface area contributed by atoms with Crippen molar-refractivity contribution >= 4 is 0 Å². The molecule has 23 heavy (non-hydrogen) atoms. The first-order chi connectivity index (χ1) is 11.4. The Morgan fingerprint density at radius 2 is 1.13 bits per heavy atom. The summed E-state index contributed by atoms with van der Waals surface area (Å²) in [6, 6.07) is 22.3. The highest BCUT2D eigenvalue weighted by Crippen LogP contribution is 2.60. The zero-order valence-electron chi connectivity index (χ0n) is 13.9. The van der Waals surface area contributed by atoms with Gasteiger partial charge in [0.2, 0.25) is 0 Å². The Labute approximate surface area is 140 Å². The van der Waals surface area contributed by atoms with Crippen molar-refractivity contribution in [3.8, 4) is 0 Å². The number of hydrogen-bond acceptors (Lipinski definition) is 1. The highest BCUT2D eigenvalue weighted by Gasteiger charge is 2.51. The maximum absolute atomic E-state index is 2.73. The quantitative estimate of drug-likeness (QED) is 0.763. The van der Waals surface area contributed by atoms with Crippen LogP contribution in [0.2, 0.25) is 0 Å². The molecule has 2 fully saturated rings. The summed E-state index contributed by atoms with van der Waals surface area (Å²) in [5, 5.41) is 0. The van der Waals surface area contributed by atoms with Crippen LogP contribution in [0.1, 0.15) is 48.6 Å². The molecule has 2 atom stereocenters. The predicted molar refractivity (Wildman–Crippen MR) is 96.8 cm³/mol. The largest absolute Gasteiger partial charge is 0.303 e. The Morgan fingerprint density at radius 3 is 1.61 bits per heavy atom. The Kier molecular flexibility index (Phi) is 4.48. The molecule has 1 saturated heterocycles. The zero-order chi connectivity index (χ0) is 15.5. The van der Waals surface area contributed by atoms with Gasteiger partial charge in [-0.25, -0.2) is 0 Å². The summed E-state index contributed by atoms with van der Waals surface area (Å²) in [4.78, 5) is 2.73. The van der Waals surface area contributed by atoms with Gasteiger partial charge in [-0.2, -0.15) is 0 Å². The van der Waals surface area contributed by atoms with Gasteiger partial charge in [0.15, 0.2) is 0 Å². The molecule has 4 rings (SSSR count). The van der Waals surface area contributed by atoms with E-state index < -0.39 is 0 Å². The van der Waals surface area contributed by atoms with E-state index in [1.165, 1.54) is 56.4 Å². The van der Waals surface area contributed by atoms with Crippen LogP contribution in [0.4, 0.5) is 0 Å². The summed E-state index contributed by atoms with van der Waals surface area (Å²) in [5.41, 5.74) is 3.06. The third-order valence-corrected chi connectivity index (χ3v) is 5.71. The second-order valence-electron chi connectivity index (χ2n) is 7.25. The number of hydrogen-bond donors (Lipinski definition) is 0. The third kappa shape index (κ3) is 3.35. The maximum atomic E-state index is 2.73. The molecule has 2 aliphatic rings. The number of nitrogens with zero attached hydrogens (tertiary/aromatic N) is 1. The van der Waals surface area contributed by atoms with Crippen molar-refractivity contribution in [3.05, 3.63) is 71.8 Å². The molecule has 0 spiro atoms. The van der Waals surface area contributed by atoms with Crippen LogP contribution >= 0.6 is 0 Å². The van der Waals surface area contributed by atoms with Gasteiger partial charge in [0, 0.05) is 6.54 Å². The molecule has 2 aromatic rings. The molecular weight excluding hydrogens is 278 g/mol. The fraction of sp³-hybridized carbons (Fsp3) is 0.455. The van der Waals surface area contributed by atoms with Crippen LogP contribution in [0, 0.1) is 5.92 Å². The van der Waals surface area contributed by atoms with Gasteiger partial charge in [-0.3, -0.25) is 0 Å². The minimum absolute atomic E-state index is 0.710. The topological polar surface area (TPSA) is 3.24 Å². The van der Waals surface area contributed by atoms with Crippen LogP contribution in [0.5, 0.6) is 0 Å². The van der Waals surface area contributed by atoms with Crippen molar-refractivity contribution < 1.29 is 0 Å². The molecule has 1 aliphatic heterocycles. The maximum Gasteiger partial charge on any atom is 0.00218 e. The molecule has 1 nitrogen and oxygen atoms in total. The van der Waals surface area contributed by atoms with Gasteiger partial charge in [-0.1, -0.05) is 73.5 Å². The summed E-state index contributed by atoms with van der Waals surface area (Å²) in [6.45, 7) is 3.89. The van der Waals surface area contributed by atoms with Crippen LogP contribution < -0.4 is 0 Å². The fourth-order valence-corrected chi connectivity index (χ4v) is 4.48. The number of likely N-dealkylation sites (tertiary alicyclic amines) is 1. The molecule has 0 aromatic heterocycles. The van der Waals surface area contributed by atoms with E-state index in [9.17, 15) is 0 Å². The molecular formula is C22H27N. The van der Waals surface area contributed by atoms with Gasteiger partial charge in [-0.05, 0) is 54.8 Å². The summed E-state index contributed by atoms with van der Waals surface area (Å²) >= 11 is 0. The Hall–Kier alpha value is -1.60. The van der Waals surface area contributed by atoms with E-state index in [1.54, 1.807) is 0 Å². The van der Waals surface area contributed by atoms with Gasteiger partial charge in [0.1, 0.15) is 0 Å². The van der Waals surface area contributed by atoms with E-state index >= 15 is 0 Å². The predicted octanol–water partition coefficient (Wildman–Crippen LogP) is 5.06. The standard InChI is InChI=1S/C22H27N/c1-2-10-16-23(15-9-1)17-20-21(18-11-5-3-6-12-18)22(20)19-13-7-4-8-14-19/h3-8,11-14,20-22H,1-2,9-10,15-17H2. The molecule has 0 radical (unpaired) electrons. The summed E-state index contributed by atoms with van der Waals surface area (Å²) < 4.78 is 0. The molecule has 1 saturated carbocycles. The lowest BCUT2D eigenvalue weighted by Gasteiger charge is -2.20. The third-order valence-electron chi connectivity index (χ3n) is 5.71. The minimum Gasteiger partial charge on any atom is -0.303 e. The molecule has 1 heterocycles. The normalized spacial score (nSPS) is 28.3. The molecule has 0 bridgehead atoms. The van der Waals surface area contributed by atoms with Crippen LogP contribution in [0.15, 0.2) is 60.7 Å². The monoisotopic (exact) mass is 305 g/mol. The second-order valence-corrected chi connectivity index (χ2v) is 7.25. The molecule has 0 N–H and O–H groups in total. The first-order valence-electron chi connectivity index (χ1n) is 9.26. The van der Waals surface area contributed by atoms with Crippen LogP contribution in [0.3, 0.4) is 0 Å². The van der Waals surface area contributed by atoms with Crippen molar-refractivity contribution in [3.63, 3.8) is 0 Å². The van der Waals surface area contributed by atoms with E-state index in [2.05, 4.69) is 65.6 Å². The first kappa shape index (κ1) is 15.0. The van der Waals surface area contributed by atoms with Crippen molar-refractivity contribution in [2.45, 2.75) is 37.5 Å². The number of benzene rings is 2. The van der Waals surface area contributed by atoms with Gasteiger partial charge in [0.05, 0.1) is 0 Å². The second kappa shape index (κ2) is 6.88. The summed E-state index contributed by atoms with van der Waals surface area (Å²) in [6.07, 6.45) is 5.62. The molecule has 120 valence electrons. The van der Waals surface area contributed by atoms with Gasteiger partial charge < -0.3 is 4.90 Å². The molecule has 0 amide bonds. The molecule has 1 heteroatoms. The molecule has 1 aliphatic carbocycles. The number of rotatable bonds is 4. The Morgan fingerprint density at radius 1 is 0.652 bits per heavy atom. The average molecular weight is 305 g/mol. The van der Waals surface area contributed by atoms with Crippen molar-refractivity contribution in [1.82, 2.24) is 4.90 Å². The lowest BCUT2D eigenvalue weighted by atomic mass is 10.0. The lowest BCUT2D eigenvalue weighted by Crippen LogP contribution is -2.27. The Bertz CT molecular complexity index is 553. The smallest absolute Gasteiger partial charge is 0.00218 e. The van der Waals surface area contributed by atoms with E-state index in [4.69, 9.17) is 0 Å². The molecule has 2 unspecified atom stereocenters. The van der Waals surface area contributed by atoms with Gasteiger partial charge >= 0.3 is 0 Å².